The van der Waals surface area contributed by atoms with Crippen LogP contribution in [0, 0.1) is 0 Å². The molecule has 60 heavy (non-hydrogen) atoms. The van der Waals surface area contributed by atoms with Crippen LogP contribution >= 0.6 is 0 Å². The fourth-order valence-corrected chi connectivity index (χ4v) is 8.58. The van der Waals surface area contributed by atoms with Crippen LogP contribution in [0.3, 0.4) is 0 Å². The smallest absolute Gasteiger partial charge is 0.143 e. The van der Waals surface area contributed by atoms with Gasteiger partial charge in [0.15, 0.2) is 0 Å². The molecule has 3 nitrogen and oxygen atoms in total. The summed E-state index contributed by atoms with van der Waals surface area (Å²) < 4.78 is 12.8. The van der Waals surface area contributed by atoms with E-state index in [0.717, 1.165) is 99.9 Å². The molecule has 0 saturated heterocycles. The number of benzene rings is 9. The molecule has 9 aromatic carbocycles. The Hall–Kier alpha value is -7.88. The summed E-state index contributed by atoms with van der Waals surface area (Å²) >= 11 is 0. The van der Waals surface area contributed by atoms with Crippen LogP contribution in [0.25, 0.3) is 94.0 Å². The van der Waals surface area contributed by atoms with Gasteiger partial charge in [-0.05, 0) is 94.4 Å². The molecule has 0 saturated carbocycles. The summed E-state index contributed by atoms with van der Waals surface area (Å²) in [5.41, 5.74) is 18.1. The number of hydrogen-bond donors (Lipinski definition) is 0. The lowest BCUT2D eigenvalue weighted by Gasteiger charge is -2.26. The normalized spacial score (nSPS) is 11.5. The molecule has 2 aromatic heterocycles. The van der Waals surface area contributed by atoms with Crippen molar-refractivity contribution < 1.29 is 8.83 Å². The molecule has 11 aromatic rings. The number of nitrogens with zero attached hydrogens (tertiary/aromatic N) is 1. The molecule has 11 rings (SSSR count). The maximum Gasteiger partial charge on any atom is 0.143 e. The van der Waals surface area contributed by atoms with Crippen molar-refractivity contribution in [3.8, 4) is 44.5 Å². The van der Waals surface area contributed by atoms with Crippen molar-refractivity contribution in [2.24, 2.45) is 0 Å². The highest BCUT2D eigenvalue weighted by Gasteiger charge is 2.17. The second-order valence-electron chi connectivity index (χ2n) is 15.5. The van der Waals surface area contributed by atoms with Crippen molar-refractivity contribution in [2.75, 3.05) is 4.90 Å². The highest BCUT2D eigenvalue weighted by molar-refractivity contribution is 6.10. The summed E-state index contributed by atoms with van der Waals surface area (Å²) in [6.07, 6.45) is 0. The zero-order valence-electron chi connectivity index (χ0n) is 33.1. The van der Waals surface area contributed by atoms with E-state index in [2.05, 4.69) is 193 Å². The van der Waals surface area contributed by atoms with Gasteiger partial charge in [0, 0.05) is 49.7 Å². The lowest BCUT2D eigenvalue weighted by molar-refractivity contribution is 0.669. The van der Waals surface area contributed by atoms with E-state index in [0.29, 0.717) is 0 Å². The van der Waals surface area contributed by atoms with Gasteiger partial charge in [-0.15, -0.1) is 0 Å². The zero-order chi connectivity index (χ0) is 40.2. The molecule has 0 N–H and O–H groups in total. The van der Waals surface area contributed by atoms with Crippen molar-refractivity contribution in [3.63, 3.8) is 0 Å². The van der Waals surface area contributed by atoms with Gasteiger partial charge in [0.05, 0.1) is 0 Å². The Balaban J connectivity index is 0.953. The van der Waals surface area contributed by atoms with Crippen LogP contribution in [0.5, 0.6) is 0 Å². The molecule has 0 unspecified atom stereocenters. The molecule has 0 aliphatic carbocycles. The predicted molar refractivity (Wildman–Crippen MR) is 252 cm³/mol. The molecule has 0 bridgehead atoms. The Bertz CT molecular complexity index is 3190. The molecule has 0 radical (unpaired) electrons. The summed E-state index contributed by atoms with van der Waals surface area (Å²) in [5.74, 6) is 0. The first kappa shape index (κ1) is 35.3. The summed E-state index contributed by atoms with van der Waals surface area (Å²) in [6, 6.07) is 73.2. The summed E-state index contributed by atoms with van der Waals surface area (Å²) in [5, 5.41) is 4.51. The monoisotopic (exact) mass is 769 g/mol. The maximum atomic E-state index is 6.41. The lowest BCUT2D eigenvalue weighted by atomic mass is 9.98. The SMILES string of the molecule is C=C(C)c1ccc(-c2ccc(-c3ccc(N(c4ccc(-c5cccc6c5oc5ccccc56)cc4)c4ccc(-c5cccc6c5oc5ccccc56)cc4)cc3)cc2)cc1. The van der Waals surface area contributed by atoms with Crippen LogP contribution in [0.1, 0.15) is 12.5 Å². The van der Waals surface area contributed by atoms with Gasteiger partial charge in [0.2, 0.25) is 0 Å². The third-order valence-corrected chi connectivity index (χ3v) is 11.7. The number of anilines is 3. The fraction of sp³-hybridized carbons (Fsp3) is 0.0175. The zero-order valence-corrected chi connectivity index (χ0v) is 33.1. The van der Waals surface area contributed by atoms with Gasteiger partial charge >= 0.3 is 0 Å². The van der Waals surface area contributed by atoms with Crippen molar-refractivity contribution >= 4 is 66.5 Å². The number of para-hydroxylation sites is 4. The van der Waals surface area contributed by atoms with Crippen LogP contribution in [-0.4, -0.2) is 0 Å². The standard InChI is InChI=1S/C57H39NO2/c1-37(2)38-17-19-39(20-18-38)40-21-23-41(24-22-40)42-25-31-45(32-26-42)58(46-33-27-43(28-34-46)48-11-7-13-52-50-9-3-5-15-54(50)59-56(48)52)47-35-29-44(30-36-47)49-12-8-14-53-51-10-4-6-16-55(51)60-57(49)53/h3-36H,1H2,2H3. The van der Waals surface area contributed by atoms with Gasteiger partial charge in [-0.3, -0.25) is 0 Å². The minimum absolute atomic E-state index is 0.899. The average molecular weight is 770 g/mol. The number of furan rings is 2. The van der Waals surface area contributed by atoms with E-state index in [1.807, 2.05) is 31.2 Å². The van der Waals surface area contributed by atoms with E-state index in [1.165, 1.54) is 16.7 Å². The van der Waals surface area contributed by atoms with Gasteiger partial charge in [-0.25, -0.2) is 0 Å². The van der Waals surface area contributed by atoms with E-state index >= 15 is 0 Å². The van der Waals surface area contributed by atoms with Gasteiger partial charge in [-0.1, -0.05) is 170 Å². The van der Waals surface area contributed by atoms with E-state index < -0.39 is 0 Å². The molecule has 0 aliphatic heterocycles. The van der Waals surface area contributed by atoms with Crippen LogP contribution in [0.4, 0.5) is 17.1 Å². The summed E-state index contributed by atoms with van der Waals surface area (Å²) in [4.78, 5) is 2.32. The minimum Gasteiger partial charge on any atom is -0.455 e. The van der Waals surface area contributed by atoms with Crippen molar-refractivity contribution in [1.82, 2.24) is 0 Å². The topological polar surface area (TPSA) is 29.5 Å². The second-order valence-corrected chi connectivity index (χ2v) is 15.5. The third kappa shape index (κ3) is 6.16. The Morgan fingerprint density at radius 2 is 0.683 bits per heavy atom. The molecule has 0 amide bonds. The Morgan fingerprint density at radius 1 is 0.350 bits per heavy atom. The summed E-state index contributed by atoms with van der Waals surface area (Å²) in [7, 11) is 0. The first-order valence-corrected chi connectivity index (χ1v) is 20.3. The number of rotatable bonds is 8. The molecule has 0 aliphatic rings. The van der Waals surface area contributed by atoms with E-state index in [-0.39, 0.29) is 0 Å². The molecule has 2 heterocycles. The van der Waals surface area contributed by atoms with Gasteiger partial charge in [0.25, 0.3) is 0 Å². The number of fused-ring (bicyclic) bond motifs is 6. The lowest BCUT2D eigenvalue weighted by Crippen LogP contribution is -2.09. The highest BCUT2D eigenvalue weighted by Crippen LogP contribution is 2.41. The van der Waals surface area contributed by atoms with E-state index in [1.54, 1.807) is 0 Å². The Labute approximate surface area is 348 Å². The maximum absolute atomic E-state index is 6.41. The molecule has 0 fully saturated rings. The molecule has 0 spiro atoms. The second kappa shape index (κ2) is 14.5. The average Bonchev–Trinajstić information content (AvgIpc) is 3.89. The van der Waals surface area contributed by atoms with Crippen molar-refractivity contribution in [2.45, 2.75) is 6.92 Å². The first-order valence-electron chi connectivity index (χ1n) is 20.3. The van der Waals surface area contributed by atoms with Crippen molar-refractivity contribution in [3.05, 3.63) is 218 Å². The number of allylic oxidation sites excluding steroid dienone is 1. The molecular formula is C57H39NO2. The molecular weight excluding hydrogens is 731 g/mol. The minimum atomic E-state index is 0.899. The predicted octanol–water partition coefficient (Wildman–Crippen LogP) is 16.7. The van der Waals surface area contributed by atoms with Gasteiger partial charge < -0.3 is 13.7 Å². The molecule has 3 heteroatoms. The fourth-order valence-electron chi connectivity index (χ4n) is 8.58. The van der Waals surface area contributed by atoms with Crippen LogP contribution in [0.15, 0.2) is 222 Å². The van der Waals surface area contributed by atoms with Crippen LogP contribution in [0.2, 0.25) is 0 Å². The number of hydrogen-bond acceptors (Lipinski definition) is 3. The van der Waals surface area contributed by atoms with E-state index in [9.17, 15) is 0 Å². The summed E-state index contributed by atoms with van der Waals surface area (Å²) in [6.45, 7) is 6.11. The van der Waals surface area contributed by atoms with Gasteiger partial charge in [0.1, 0.15) is 22.3 Å². The van der Waals surface area contributed by atoms with Crippen LogP contribution in [-0.2, 0) is 0 Å². The first-order chi connectivity index (χ1) is 29.6. The Morgan fingerprint density at radius 3 is 1.08 bits per heavy atom. The van der Waals surface area contributed by atoms with Crippen molar-refractivity contribution in [1.29, 1.82) is 0 Å². The largest absolute Gasteiger partial charge is 0.455 e. The molecule has 284 valence electrons. The third-order valence-electron chi connectivity index (χ3n) is 11.7. The highest BCUT2D eigenvalue weighted by atomic mass is 16.3. The van der Waals surface area contributed by atoms with Crippen LogP contribution < -0.4 is 4.90 Å². The Kier molecular flexibility index (Phi) is 8.53. The van der Waals surface area contributed by atoms with Gasteiger partial charge in [-0.2, -0.15) is 0 Å². The van der Waals surface area contributed by atoms with E-state index in [4.69, 9.17) is 8.83 Å². The quantitative estimate of drug-likeness (QED) is 0.154. The molecule has 0 atom stereocenters.